The predicted molar refractivity (Wildman–Crippen MR) is 111 cm³/mol. The maximum atomic E-state index is 12.7. The van der Waals surface area contributed by atoms with Crippen molar-refractivity contribution in [1.29, 1.82) is 0 Å². The van der Waals surface area contributed by atoms with Gasteiger partial charge in [0.2, 0.25) is 5.91 Å². The van der Waals surface area contributed by atoms with Crippen LogP contribution in [0.15, 0.2) is 67.4 Å². The van der Waals surface area contributed by atoms with E-state index in [9.17, 15) is 4.79 Å². The second-order valence-corrected chi connectivity index (χ2v) is 6.99. The molecule has 0 bridgehead atoms. The number of aromatic nitrogens is 3. The average molecular weight is 389 g/mol. The van der Waals surface area contributed by atoms with E-state index in [1.807, 2.05) is 36.4 Å². The largest absolute Gasteiger partial charge is 0.489 e. The van der Waals surface area contributed by atoms with Gasteiger partial charge in [-0.25, -0.2) is 4.98 Å². The first kappa shape index (κ1) is 18.9. The van der Waals surface area contributed by atoms with E-state index in [0.29, 0.717) is 12.4 Å². The van der Waals surface area contributed by atoms with Crippen LogP contribution < -0.4 is 15.0 Å². The monoisotopic (exact) mass is 389 g/mol. The zero-order chi connectivity index (χ0) is 19.9. The Morgan fingerprint density at radius 1 is 1.07 bits per heavy atom. The van der Waals surface area contributed by atoms with E-state index in [4.69, 9.17) is 4.74 Å². The molecule has 1 aliphatic heterocycles. The van der Waals surface area contributed by atoms with Crippen molar-refractivity contribution in [1.82, 2.24) is 15.0 Å². The second-order valence-electron chi connectivity index (χ2n) is 6.99. The minimum atomic E-state index is -0.0112. The molecule has 1 fully saturated rings. The Balaban J connectivity index is 1.29. The molecule has 7 heteroatoms. The van der Waals surface area contributed by atoms with Gasteiger partial charge >= 0.3 is 0 Å². The molecule has 2 aromatic heterocycles. The van der Waals surface area contributed by atoms with Gasteiger partial charge in [0, 0.05) is 61.1 Å². The fourth-order valence-electron chi connectivity index (χ4n) is 3.38. The van der Waals surface area contributed by atoms with Crippen LogP contribution in [0.2, 0.25) is 0 Å². The molecule has 29 heavy (non-hydrogen) atoms. The molecule has 0 aliphatic carbocycles. The minimum absolute atomic E-state index is 0.0112. The molecule has 0 unspecified atom stereocenters. The number of nitrogens with one attached hydrogen (secondary N) is 1. The highest BCUT2D eigenvalue weighted by Crippen LogP contribution is 2.24. The van der Waals surface area contributed by atoms with Crippen molar-refractivity contribution in [2.75, 3.05) is 23.3 Å². The number of hydrogen-bond donors (Lipinski definition) is 1. The van der Waals surface area contributed by atoms with Gasteiger partial charge in [0.1, 0.15) is 18.2 Å². The summed E-state index contributed by atoms with van der Waals surface area (Å²) in [6.45, 7) is 2.03. The molecular weight excluding hydrogens is 366 g/mol. The summed E-state index contributed by atoms with van der Waals surface area (Å²) in [7, 11) is 0. The number of rotatable bonds is 6. The van der Waals surface area contributed by atoms with Crippen LogP contribution in [0.3, 0.4) is 0 Å². The van der Waals surface area contributed by atoms with Gasteiger partial charge in [0.05, 0.1) is 6.20 Å². The molecule has 1 saturated heterocycles. The van der Waals surface area contributed by atoms with Crippen LogP contribution in [0.25, 0.3) is 0 Å². The van der Waals surface area contributed by atoms with Crippen molar-refractivity contribution in [3.05, 3.63) is 72.9 Å². The van der Waals surface area contributed by atoms with Gasteiger partial charge in [0.15, 0.2) is 0 Å². The maximum Gasteiger partial charge on any atom is 0.227 e. The van der Waals surface area contributed by atoms with Crippen molar-refractivity contribution in [2.24, 2.45) is 5.92 Å². The first-order valence-corrected chi connectivity index (χ1v) is 9.71. The summed E-state index contributed by atoms with van der Waals surface area (Å²) >= 11 is 0. The van der Waals surface area contributed by atoms with Gasteiger partial charge in [0.25, 0.3) is 0 Å². The topological polar surface area (TPSA) is 80.2 Å². The molecule has 0 atom stereocenters. The Labute approximate surface area is 169 Å². The fourth-order valence-corrected chi connectivity index (χ4v) is 3.38. The van der Waals surface area contributed by atoms with E-state index >= 15 is 0 Å². The van der Waals surface area contributed by atoms with Crippen LogP contribution in [-0.4, -0.2) is 33.9 Å². The van der Waals surface area contributed by atoms with Crippen LogP contribution in [0.1, 0.15) is 18.4 Å². The van der Waals surface area contributed by atoms with E-state index in [1.165, 1.54) is 0 Å². The normalized spacial score (nSPS) is 14.4. The highest BCUT2D eigenvalue weighted by Gasteiger charge is 2.25. The van der Waals surface area contributed by atoms with E-state index in [0.717, 1.165) is 43.0 Å². The predicted octanol–water partition coefficient (Wildman–Crippen LogP) is 3.31. The molecule has 1 aliphatic rings. The lowest BCUT2D eigenvalue weighted by atomic mass is 9.96. The second kappa shape index (κ2) is 9.14. The number of nitrogens with zero attached hydrogens (tertiary/aromatic N) is 4. The molecule has 0 saturated carbocycles. The molecule has 0 spiro atoms. The molecule has 1 amide bonds. The Morgan fingerprint density at radius 2 is 1.93 bits per heavy atom. The van der Waals surface area contributed by atoms with Gasteiger partial charge in [-0.3, -0.25) is 14.8 Å². The Hall–Kier alpha value is -3.48. The number of amides is 1. The van der Waals surface area contributed by atoms with Gasteiger partial charge < -0.3 is 15.0 Å². The third-order valence-corrected chi connectivity index (χ3v) is 4.97. The summed E-state index contributed by atoms with van der Waals surface area (Å²) in [5.41, 5.74) is 1.74. The van der Waals surface area contributed by atoms with Crippen LogP contribution in [0.4, 0.5) is 11.5 Å². The van der Waals surface area contributed by atoms with E-state index in [1.54, 1.807) is 31.0 Å². The fraction of sp³-hybridized carbons (Fsp3) is 0.273. The zero-order valence-corrected chi connectivity index (χ0v) is 16.1. The number of ether oxygens (including phenoxy) is 1. The maximum absolute atomic E-state index is 12.7. The minimum Gasteiger partial charge on any atom is -0.489 e. The first-order valence-electron chi connectivity index (χ1n) is 9.71. The molecule has 4 rings (SSSR count). The van der Waals surface area contributed by atoms with E-state index < -0.39 is 0 Å². The average Bonchev–Trinajstić information content (AvgIpc) is 2.79. The van der Waals surface area contributed by atoms with Crippen LogP contribution in [-0.2, 0) is 11.4 Å². The third-order valence-electron chi connectivity index (χ3n) is 4.97. The van der Waals surface area contributed by atoms with E-state index in [2.05, 4.69) is 25.2 Å². The Kier molecular flexibility index (Phi) is 5.95. The number of pyridine rings is 1. The molecule has 3 heterocycles. The summed E-state index contributed by atoms with van der Waals surface area (Å²) < 4.78 is 5.81. The summed E-state index contributed by atoms with van der Waals surface area (Å²) in [5.74, 6) is 1.62. The molecule has 3 aromatic rings. The van der Waals surface area contributed by atoms with Crippen molar-refractivity contribution in [3.8, 4) is 5.75 Å². The smallest absolute Gasteiger partial charge is 0.227 e. The number of carbonyl (C=O) groups is 1. The highest BCUT2D eigenvalue weighted by atomic mass is 16.5. The number of carbonyl (C=O) groups excluding carboxylic acids is 1. The zero-order valence-electron chi connectivity index (χ0n) is 16.1. The van der Waals surface area contributed by atoms with Crippen LogP contribution in [0.5, 0.6) is 5.75 Å². The van der Waals surface area contributed by atoms with Crippen LogP contribution in [0, 0.1) is 5.92 Å². The molecule has 0 radical (unpaired) electrons. The SMILES string of the molecule is O=C(Nc1cccc(OCc2cccnc2)c1)C1CCN(c2cnccn2)CC1. The van der Waals surface area contributed by atoms with Crippen molar-refractivity contribution >= 4 is 17.4 Å². The van der Waals surface area contributed by atoms with Gasteiger partial charge in [-0.05, 0) is 31.0 Å². The Bertz CT molecular complexity index is 928. The third kappa shape index (κ3) is 5.07. The van der Waals surface area contributed by atoms with Gasteiger partial charge in [-0.2, -0.15) is 0 Å². The lowest BCUT2D eigenvalue weighted by Crippen LogP contribution is -2.38. The summed E-state index contributed by atoms with van der Waals surface area (Å²) in [6, 6.07) is 11.3. The summed E-state index contributed by atoms with van der Waals surface area (Å²) in [5, 5.41) is 3.03. The molecule has 7 nitrogen and oxygen atoms in total. The number of hydrogen-bond acceptors (Lipinski definition) is 6. The van der Waals surface area contributed by atoms with E-state index in [-0.39, 0.29) is 11.8 Å². The summed E-state index contributed by atoms with van der Waals surface area (Å²) in [6.07, 6.45) is 10.2. The lowest BCUT2D eigenvalue weighted by Gasteiger charge is -2.31. The standard InChI is InChI=1S/C22H23N5O2/c28-22(18-6-11-27(12-7-18)21-15-24-9-10-25-21)26-19-4-1-5-20(13-19)29-16-17-3-2-8-23-14-17/h1-5,8-10,13-15,18H,6-7,11-12,16H2,(H,26,28). The lowest BCUT2D eigenvalue weighted by molar-refractivity contribution is -0.120. The molecular formula is C22H23N5O2. The van der Waals surface area contributed by atoms with Gasteiger partial charge in [-0.15, -0.1) is 0 Å². The number of benzene rings is 1. The highest BCUT2D eigenvalue weighted by molar-refractivity contribution is 5.92. The van der Waals surface area contributed by atoms with Crippen molar-refractivity contribution in [3.63, 3.8) is 0 Å². The quantitative estimate of drug-likeness (QED) is 0.697. The molecule has 148 valence electrons. The summed E-state index contributed by atoms with van der Waals surface area (Å²) in [4.78, 5) is 27.4. The van der Waals surface area contributed by atoms with Gasteiger partial charge in [-0.1, -0.05) is 12.1 Å². The van der Waals surface area contributed by atoms with Crippen LogP contribution >= 0.6 is 0 Å². The van der Waals surface area contributed by atoms with Crippen molar-refractivity contribution in [2.45, 2.75) is 19.4 Å². The first-order chi connectivity index (χ1) is 14.3. The van der Waals surface area contributed by atoms with Crippen molar-refractivity contribution < 1.29 is 9.53 Å². The number of anilines is 2. The molecule has 1 aromatic carbocycles. The Morgan fingerprint density at radius 3 is 2.69 bits per heavy atom. The number of piperidine rings is 1. The molecule has 1 N–H and O–H groups in total.